The van der Waals surface area contributed by atoms with Gasteiger partial charge in [0.2, 0.25) is 17.8 Å². The summed E-state index contributed by atoms with van der Waals surface area (Å²) >= 11 is 0. The second-order valence-corrected chi connectivity index (χ2v) is 7.98. The summed E-state index contributed by atoms with van der Waals surface area (Å²) in [5.41, 5.74) is 3.22. The van der Waals surface area contributed by atoms with Crippen LogP contribution in [0, 0.1) is 0 Å². The summed E-state index contributed by atoms with van der Waals surface area (Å²) in [5.74, 6) is -0.431. The number of benzene rings is 3. The van der Waals surface area contributed by atoms with Gasteiger partial charge in [0.15, 0.2) is 0 Å². The number of rotatable bonds is 9. The molecule has 4 aromatic rings. The molecule has 0 saturated carbocycles. The summed E-state index contributed by atoms with van der Waals surface area (Å²) in [6.07, 6.45) is 0. The molecular weight excluding hydrogens is 502 g/mol. The highest BCUT2D eigenvalue weighted by molar-refractivity contribution is 5.94. The summed E-state index contributed by atoms with van der Waals surface area (Å²) in [6, 6.07) is 20.0. The zero-order valence-electron chi connectivity index (χ0n) is 21.3. The van der Waals surface area contributed by atoms with E-state index in [1.807, 2.05) is 0 Å². The number of methoxy groups -OCH3 is 2. The molecule has 0 radical (unpaired) electrons. The first-order valence-electron chi connectivity index (χ1n) is 11.6. The number of aromatic nitrogens is 3. The molecule has 0 bridgehead atoms. The van der Waals surface area contributed by atoms with Crippen molar-refractivity contribution >= 4 is 52.8 Å². The van der Waals surface area contributed by atoms with Gasteiger partial charge in [0.25, 0.3) is 5.91 Å². The molecule has 0 aliphatic heterocycles. The summed E-state index contributed by atoms with van der Waals surface area (Å²) in [7, 11) is 4.20. The van der Waals surface area contributed by atoms with Crippen LogP contribution in [0.15, 0.2) is 72.8 Å². The van der Waals surface area contributed by atoms with Gasteiger partial charge in [-0.05, 0) is 72.8 Å². The minimum Gasteiger partial charge on any atom is -0.465 e. The van der Waals surface area contributed by atoms with E-state index in [9.17, 15) is 14.4 Å². The molecule has 12 nitrogen and oxygen atoms in total. The second-order valence-electron chi connectivity index (χ2n) is 7.98. The minimum absolute atomic E-state index is 0.198. The van der Waals surface area contributed by atoms with Crippen LogP contribution in [-0.2, 0) is 9.47 Å². The van der Waals surface area contributed by atoms with E-state index >= 15 is 0 Å². The molecule has 1 heterocycles. The van der Waals surface area contributed by atoms with E-state index in [1.54, 1.807) is 79.8 Å². The topological polar surface area (TPSA) is 156 Å². The van der Waals surface area contributed by atoms with E-state index in [-0.39, 0.29) is 23.8 Å². The molecule has 198 valence electrons. The smallest absolute Gasteiger partial charge is 0.337 e. The molecule has 4 rings (SSSR count). The monoisotopic (exact) mass is 527 g/mol. The highest BCUT2D eigenvalue weighted by Gasteiger charge is 2.11. The van der Waals surface area contributed by atoms with E-state index < -0.39 is 11.9 Å². The minimum atomic E-state index is -0.444. The lowest BCUT2D eigenvalue weighted by molar-refractivity contribution is 0.0592. The van der Waals surface area contributed by atoms with Crippen LogP contribution in [-0.4, -0.2) is 54.1 Å². The highest BCUT2D eigenvalue weighted by atomic mass is 16.5. The fourth-order valence-corrected chi connectivity index (χ4v) is 3.40. The lowest BCUT2D eigenvalue weighted by atomic mass is 10.2. The number of esters is 2. The number of nitrogens with zero attached hydrogens (tertiary/aromatic N) is 3. The van der Waals surface area contributed by atoms with Gasteiger partial charge < -0.3 is 30.7 Å². The van der Waals surface area contributed by atoms with E-state index in [0.717, 1.165) is 0 Å². The Bertz CT molecular complexity index is 1280. The number of hydrogen-bond donors (Lipinski definition) is 4. The number of hydrogen-bond acceptors (Lipinski definition) is 11. The second kappa shape index (κ2) is 12.1. The predicted octanol–water partition coefficient (Wildman–Crippen LogP) is 4.04. The molecule has 0 aliphatic rings. The maximum Gasteiger partial charge on any atom is 0.337 e. The van der Waals surface area contributed by atoms with Crippen molar-refractivity contribution in [2.24, 2.45) is 0 Å². The Morgan fingerprint density at radius 2 is 0.846 bits per heavy atom. The quantitative estimate of drug-likeness (QED) is 0.233. The fourth-order valence-electron chi connectivity index (χ4n) is 3.40. The SMILES string of the molecule is CNC(=O)c1ccc(Nc2nc(Nc3ccc(C(=O)OC)cc3)nc(Nc3ccc(C(=O)OC)cc3)n2)cc1. The highest BCUT2D eigenvalue weighted by Crippen LogP contribution is 2.22. The van der Waals surface area contributed by atoms with Crippen LogP contribution in [0.4, 0.5) is 34.9 Å². The van der Waals surface area contributed by atoms with Crippen molar-refractivity contribution in [2.45, 2.75) is 0 Å². The molecule has 0 saturated heterocycles. The maximum atomic E-state index is 11.8. The van der Waals surface area contributed by atoms with Crippen LogP contribution in [0.5, 0.6) is 0 Å². The zero-order valence-corrected chi connectivity index (χ0v) is 21.3. The van der Waals surface area contributed by atoms with Crippen LogP contribution >= 0.6 is 0 Å². The molecule has 4 N–H and O–H groups in total. The first-order chi connectivity index (χ1) is 18.9. The third-order valence-corrected chi connectivity index (χ3v) is 5.39. The van der Waals surface area contributed by atoms with Gasteiger partial charge >= 0.3 is 11.9 Å². The molecule has 0 fully saturated rings. The summed E-state index contributed by atoms with van der Waals surface area (Å²) in [6.45, 7) is 0. The van der Waals surface area contributed by atoms with Crippen LogP contribution in [0.25, 0.3) is 0 Å². The van der Waals surface area contributed by atoms with Gasteiger partial charge in [0, 0.05) is 29.7 Å². The Hall–Kier alpha value is -5.52. The van der Waals surface area contributed by atoms with E-state index in [1.165, 1.54) is 14.2 Å². The number of nitrogens with one attached hydrogen (secondary N) is 4. The van der Waals surface area contributed by atoms with Crippen molar-refractivity contribution in [3.63, 3.8) is 0 Å². The first-order valence-corrected chi connectivity index (χ1v) is 11.6. The van der Waals surface area contributed by atoms with Gasteiger partial charge in [-0.1, -0.05) is 0 Å². The first kappa shape index (κ1) is 26.5. The molecule has 12 heteroatoms. The largest absolute Gasteiger partial charge is 0.465 e. The summed E-state index contributed by atoms with van der Waals surface area (Å²) < 4.78 is 9.47. The van der Waals surface area contributed by atoms with Crippen LogP contribution in [0.3, 0.4) is 0 Å². The molecule has 0 spiro atoms. The van der Waals surface area contributed by atoms with Gasteiger partial charge in [0.05, 0.1) is 25.3 Å². The van der Waals surface area contributed by atoms with Gasteiger partial charge in [-0.3, -0.25) is 4.79 Å². The van der Waals surface area contributed by atoms with Crippen LogP contribution in [0.1, 0.15) is 31.1 Å². The number of ether oxygens (including phenoxy) is 2. The van der Waals surface area contributed by atoms with Crippen molar-refractivity contribution in [1.29, 1.82) is 0 Å². The Kier molecular flexibility index (Phi) is 8.27. The van der Waals surface area contributed by atoms with E-state index in [4.69, 9.17) is 9.47 Å². The maximum absolute atomic E-state index is 11.8. The molecular formula is C27H25N7O5. The number of carbonyl (C=O) groups excluding carboxylic acids is 3. The Morgan fingerprint density at radius 3 is 1.13 bits per heavy atom. The third-order valence-electron chi connectivity index (χ3n) is 5.39. The van der Waals surface area contributed by atoms with Crippen molar-refractivity contribution in [1.82, 2.24) is 20.3 Å². The van der Waals surface area contributed by atoms with E-state index in [2.05, 4.69) is 36.2 Å². The van der Waals surface area contributed by atoms with Crippen LogP contribution < -0.4 is 21.3 Å². The standard InChI is InChI=1S/C27H25N7O5/c1-28-22(35)16-4-10-19(11-5-16)29-25-32-26(30-20-12-6-17(7-13-20)23(36)38-2)34-27(33-25)31-21-14-8-18(9-15-21)24(37)39-3/h4-15H,1-3H3,(H,28,35)(H3,29,30,31,32,33,34). The van der Waals surface area contributed by atoms with E-state index in [0.29, 0.717) is 33.8 Å². The average molecular weight is 528 g/mol. The predicted molar refractivity (Wildman–Crippen MR) is 145 cm³/mol. The van der Waals surface area contributed by atoms with Crippen molar-refractivity contribution < 1.29 is 23.9 Å². The van der Waals surface area contributed by atoms with Crippen LogP contribution in [0.2, 0.25) is 0 Å². The molecule has 1 amide bonds. The van der Waals surface area contributed by atoms with Gasteiger partial charge in [0.1, 0.15) is 0 Å². The molecule has 39 heavy (non-hydrogen) atoms. The molecule has 1 aromatic heterocycles. The average Bonchev–Trinajstić information content (AvgIpc) is 2.97. The molecule has 0 atom stereocenters. The number of amides is 1. The summed E-state index contributed by atoms with van der Waals surface area (Å²) in [4.78, 5) is 48.6. The lowest BCUT2D eigenvalue weighted by Gasteiger charge is -2.12. The lowest BCUT2D eigenvalue weighted by Crippen LogP contribution is -2.17. The van der Waals surface area contributed by atoms with Gasteiger partial charge in [-0.2, -0.15) is 15.0 Å². The fraction of sp³-hybridized carbons (Fsp3) is 0.111. The Morgan fingerprint density at radius 1 is 0.538 bits per heavy atom. The van der Waals surface area contributed by atoms with Crippen molar-refractivity contribution in [3.8, 4) is 0 Å². The molecule has 0 aliphatic carbocycles. The normalized spacial score (nSPS) is 10.2. The van der Waals surface area contributed by atoms with Crippen molar-refractivity contribution in [3.05, 3.63) is 89.5 Å². The molecule has 0 unspecified atom stereocenters. The Balaban J connectivity index is 1.61. The zero-order chi connectivity index (χ0) is 27.8. The molecule has 3 aromatic carbocycles. The summed E-state index contributed by atoms with van der Waals surface area (Å²) in [5, 5.41) is 11.9. The Labute approximate surface area is 223 Å². The third kappa shape index (κ3) is 6.83. The van der Waals surface area contributed by atoms with Gasteiger partial charge in [-0.15, -0.1) is 0 Å². The number of anilines is 6. The number of carbonyl (C=O) groups is 3. The van der Waals surface area contributed by atoms with Crippen molar-refractivity contribution in [2.75, 3.05) is 37.2 Å². The van der Waals surface area contributed by atoms with Gasteiger partial charge in [-0.25, -0.2) is 9.59 Å².